The number of para-hydroxylation sites is 2. The number of fused-ring (bicyclic) bond motifs is 2. The highest BCUT2D eigenvalue weighted by Gasteiger charge is 2.12. The molecule has 0 saturated heterocycles. The summed E-state index contributed by atoms with van der Waals surface area (Å²) in [6.45, 7) is 0. The Hall–Kier alpha value is -1.48. The minimum atomic E-state index is 1.08. The van der Waals surface area contributed by atoms with Gasteiger partial charge in [-0.1, -0.05) is 28.1 Å². The van der Waals surface area contributed by atoms with Gasteiger partial charge in [-0.2, -0.15) is 0 Å². The zero-order valence-corrected chi connectivity index (χ0v) is 9.51. The number of rotatable bonds is 0. The van der Waals surface area contributed by atoms with Crippen molar-refractivity contribution in [3.8, 4) is 0 Å². The van der Waals surface area contributed by atoms with Gasteiger partial charge in [-0.05, 0) is 30.3 Å². The summed E-state index contributed by atoms with van der Waals surface area (Å²) in [5.74, 6) is 0. The third kappa shape index (κ3) is 1.49. The van der Waals surface area contributed by atoms with E-state index in [1.165, 1.54) is 0 Å². The lowest BCUT2D eigenvalue weighted by atomic mass is 10.1. The lowest BCUT2D eigenvalue weighted by Gasteiger charge is -2.22. The molecule has 0 amide bonds. The van der Waals surface area contributed by atoms with E-state index >= 15 is 0 Å². The van der Waals surface area contributed by atoms with Crippen LogP contribution in [0.25, 0.3) is 0 Å². The number of benzene rings is 2. The van der Waals surface area contributed by atoms with Crippen LogP contribution >= 0.6 is 15.9 Å². The first-order valence-electron chi connectivity index (χ1n) is 4.75. The summed E-state index contributed by atoms with van der Waals surface area (Å²) >= 11 is 3.46. The van der Waals surface area contributed by atoms with Gasteiger partial charge in [-0.3, -0.25) is 0 Å². The topological polar surface area (TPSA) is 24.1 Å². The monoisotopic (exact) mass is 260 g/mol. The molecule has 0 aliphatic carbocycles. The third-order valence-corrected chi connectivity index (χ3v) is 2.94. The summed E-state index contributed by atoms with van der Waals surface area (Å²) < 4.78 is 1.08. The number of nitrogens with one attached hydrogen (secondary N) is 2. The quantitative estimate of drug-likeness (QED) is 0.632. The molecule has 3 rings (SSSR count). The Morgan fingerprint density at radius 1 is 0.733 bits per heavy atom. The van der Waals surface area contributed by atoms with Crippen LogP contribution in [-0.2, 0) is 0 Å². The molecule has 1 heterocycles. The molecule has 2 nitrogen and oxygen atoms in total. The maximum Gasteiger partial charge on any atom is 0.0635 e. The predicted molar refractivity (Wildman–Crippen MR) is 67.1 cm³/mol. The van der Waals surface area contributed by atoms with Crippen molar-refractivity contribution >= 4 is 38.7 Å². The molecule has 15 heavy (non-hydrogen) atoms. The molecular weight excluding hydrogens is 252 g/mol. The van der Waals surface area contributed by atoms with Crippen LogP contribution in [0.5, 0.6) is 0 Å². The minimum Gasteiger partial charge on any atom is -0.352 e. The number of halogens is 1. The van der Waals surface area contributed by atoms with Gasteiger partial charge < -0.3 is 10.6 Å². The molecule has 2 aromatic rings. The SMILES string of the molecule is Brc1ccc2c(c1)Nc1ccccc1N2. The van der Waals surface area contributed by atoms with Crippen LogP contribution < -0.4 is 10.6 Å². The molecule has 1 aliphatic heterocycles. The van der Waals surface area contributed by atoms with Crippen molar-refractivity contribution in [2.24, 2.45) is 0 Å². The molecule has 3 heteroatoms. The van der Waals surface area contributed by atoms with Gasteiger partial charge in [0, 0.05) is 4.47 Å². The van der Waals surface area contributed by atoms with Crippen LogP contribution in [0, 0.1) is 0 Å². The molecule has 0 fully saturated rings. The Balaban J connectivity index is 2.11. The molecule has 1 aliphatic rings. The van der Waals surface area contributed by atoms with Crippen LogP contribution in [-0.4, -0.2) is 0 Å². The van der Waals surface area contributed by atoms with Crippen LogP contribution in [0.2, 0.25) is 0 Å². The fraction of sp³-hybridized carbons (Fsp3) is 0. The molecule has 74 valence electrons. The molecule has 0 saturated carbocycles. The lowest BCUT2D eigenvalue weighted by molar-refractivity contribution is 1.44. The zero-order chi connectivity index (χ0) is 10.3. The largest absolute Gasteiger partial charge is 0.352 e. The van der Waals surface area contributed by atoms with E-state index in [0.29, 0.717) is 0 Å². The Labute approximate surface area is 96.4 Å². The van der Waals surface area contributed by atoms with E-state index in [4.69, 9.17) is 0 Å². The average molecular weight is 261 g/mol. The second-order valence-corrected chi connectivity index (χ2v) is 4.40. The summed E-state index contributed by atoms with van der Waals surface area (Å²) in [5, 5.41) is 6.77. The maximum absolute atomic E-state index is 3.46. The van der Waals surface area contributed by atoms with E-state index in [2.05, 4.69) is 50.8 Å². The Morgan fingerprint density at radius 3 is 2.07 bits per heavy atom. The fourth-order valence-corrected chi connectivity index (χ4v) is 2.08. The van der Waals surface area contributed by atoms with Crippen molar-refractivity contribution in [3.63, 3.8) is 0 Å². The van der Waals surface area contributed by atoms with E-state index in [9.17, 15) is 0 Å². The Morgan fingerprint density at radius 2 is 1.33 bits per heavy atom. The smallest absolute Gasteiger partial charge is 0.0635 e. The lowest BCUT2D eigenvalue weighted by Crippen LogP contribution is -2.05. The van der Waals surface area contributed by atoms with E-state index in [1.807, 2.05) is 18.2 Å². The van der Waals surface area contributed by atoms with Crippen LogP contribution in [0.3, 0.4) is 0 Å². The van der Waals surface area contributed by atoms with E-state index < -0.39 is 0 Å². The van der Waals surface area contributed by atoms with Crippen molar-refractivity contribution in [2.75, 3.05) is 10.6 Å². The molecule has 0 atom stereocenters. The first-order chi connectivity index (χ1) is 7.33. The average Bonchev–Trinajstić information content (AvgIpc) is 2.26. The van der Waals surface area contributed by atoms with E-state index in [1.54, 1.807) is 0 Å². The number of anilines is 4. The summed E-state index contributed by atoms with van der Waals surface area (Å²) in [5.41, 5.74) is 4.44. The molecule has 0 bridgehead atoms. The van der Waals surface area contributed by atoms with Crippen LogP contribution in [0.4, 0.5) is 22.7 Å². The zero-order valence-electron chi connectivity index (χ0n) is 7.92. The molecule has 0 unspecified atom stereocenters. The van der Waals surface area contributed by atoms with Gasteiger partial charge >= 0.3 is 0 Å². The predicted octanol–water partition coefficient (Wildman–Crippen LogP) is 4.25. The number of hydrogen-bond acceptors (Lipinski definition) is 2. The summed E-state index contributed by atoms with van der Waals surface area (Å²) in [7, 11) is 0. The molecule has 0 spiro atoms. The summed E-state index contributed by atoms with van der Waals surface area (Å²) in [6.07, 6.45) is 0. The van der Waals surface area contributed by atoms with Gasteiger partial charge in [0.15, 0.2) is 0 Å². The maximum atomic E-state index is 3.46. The second kappa shape index (κ2) is 3.28. The van der Waals surface area contributed by atoms with Gasteiger partial charge in [0.25, 0.3) is 0 Å². The van der Waals surface area contributed by atoms with E-state index in [0.717, 1.165) is 27.2 Å². The third-order valence-electron chi connectivity index (χ3n) is 2.45. The van der Waals surface area contributed by atoms with Gasteiger partial charge in [0.1, 0.15) is 0 Å². The molecular formula is C12H9BrN2. The highest BCUT2D eigenvalue weighted by molar-refractivity contribution is 9.10. The summed E-state index contributed by atoms with van der Waals surface area (Å²) in [6, 6.07) is 14.3. The minimum absolute atomic E-state index is 1.08. The highest BCUT2D eigenvalue weighted by Crippen LogP contribution is 2.39. The van der Waals surface area contributed by atoms with Gasteiger partial charge in [-0.15, -0.1) is 0 Å². The second-order valence-electron chi connectivity index (χ2n) is 3.49. The van der Waals surface area contributed by atoms with Gasteiger partial charge in [0.05, 0.1) is 22.7 Å². The molecule has 0 aromatic heterocycles. The Kier molecular flexibility index (Phi) is 1.92. The van der Waals surface area contributed by atoms with Crippen molar-refractivity contribution in [1.82, 2.24) is 0 Å². The van der Waals surface area contributed by atoms with Crippen molar-refractivity contribution < 1.29 is 0 Å². The number of hydrogen-bond donors (Lipinski definition) is 2. The van der Waals surface area contributed by atoms with Gasteiger partial charge in [-0.25, -0.2) is 0 Å². The Bertz CT molecular complexity index is 523. The van der Waals surface area contributed by atoms with Gasteiger partial charge in [0.2, 0.25) is 0 Å². The standard InChI is InChI=1S/C12H9BrN2/c13-8-5-6-11-12(7-8)15-10-4-2-1-3-9(10)14-11/h1-7,14-15H. The van der Waals surface area contributed by atoms with E-state index in [-0.39, 0.29) is 0 Å². The van der Waals surface area contributed by atoms with Crippen molar-refractivity contribution in [3.05, 3.63) is 46.9 Å². The van der Waals surface area contributed by atoms with Crippen LogP contribution in [0.1, 0.15) is 0 Å². The molecule has 2 aromatic carbocycles. The van der Waals surface area contributed by atoms with Crippen molar-refractivity contribution in [2.45, 2.75) is 0 Å². The first-order valence-corrected chi connectivity index (χ1v) is 5.55. The fourth-order valence-electron chi connectivity index (χ4n) is 1.72. The van der Waals surface area contributed by atoms with Crippen molar-refractivity contribution in [1.29, 1.82) is 0 Å². The first kappa shape index (κ1) is 8.80. The molecule has 2 N–H and O–H groups in total. The highest BCUT2D eigenvalue weighted by atomic mass is 79.9. The normalized spacial score (nSPS) is 12.1. The summed E-state index contributed by atoms with van der Waals surface area (Å²) in [4.78, 5) is 0. The molecule has 0 radical (unpaired) electrons. The van der Waals surface area contributed by atoms with Crippen LogP contribution in [0.15, 0.2) is 46.9 Å².